The number of aliphatic imine (C=N–C) groups is 1. The molecule has 3 N–H and O–H groups in total. The molecule has 22 heavy (non-hydrogen) atoms. The van der Waals surface area contributed by atoms with Crippen molar-refractivity contribution in [3.8, 4) is 0 Å². The Morgan fingerprint density at radius 2 is 2.14 bits per heavy atom. The lowest BCUT2D eigenvalue weighted by Gasteiger charge is -2.27. The number of fused-ring (bicyclic) bond motifs is 1. The highest BCUT2D eigenvalue weighted by Gasteiger charge is 2.31. The van der Waals surface area contributed by atoms with Gasteiger partial charge in [-0.05, 0) is 19.1 Å². The lowest BCUT2D eigenvalue weighted by Crippen LogP contribution is -2.49. The fourth-order valence-corrected chi connectivity index (χ4v) is 3.61. The predicted molar refractivity (Wildman–Crippen MR) is 82.1 cm³/mol. The molecule has 2 heterocycles. The first-order valence-electron chi connectivity index (χ1n) is 7.16. The summed E-state index contributed by atoms with van der Waals surface area (Å²) in [5.41, 5.74) is 0.505. The minimum Gasteiger partial charge on any atom is -0.354 e. The van der Waals surface area contributed by atoms with Crippen molar-refractivity contribution in [2.75, 3.05) is 19.6 Å². The third-order valence-corrected chi connectivity index (χ3v) is 5.19. The number of nitrogens with one attached hydrogen (secondary N) is 3. The maximum Gasteiger partial charge on any atom is 0.263 e. The van der Waals surface area contributed by atoms with Crippen LogP contribution >= 0.6 is 0 Å². The summed E-state index contributed by atoms with van der Waals surface area (Å²) in [5.74, 6) is 0.487. The molecule has 1 unspecified atom stereocenters. The summed E-state index contributed by atoms with van der Waals surface area (Å²) in [6, 6.07) is 5.94. The van der Waals surface area contributed by atoms with Crippen LogP contribution in [0.2, 0.25) is 0 Å². The van der Waals surface area contributed by atoms with E-state index in [4.69, 9.17) is 0 Å². The molecule has 1 fully saturated rings. The van der Waals surface area contributed by atoms with E-state index < -0.39 is 16.1 Å². The molecule has 2 aliphatic rings. The highest BCUT2D eigenvalue weighted by Crippen LogP contribution is 2.22. The van der Waals surface area contributed by atoms with Crippen molar-refractivity contribution in [1.82, 2.24) is 15.4 Å². The highest BCUT2D eigenvalue weighted by molar-refractivity contribution is 7.90. The summed E-state index contributed by atoms with van der Waals surface area (Å²) in [4.78, 5) is 16.5. The summed E-state index contributed by atoms with van der Waals surface area (Å²) < 4.78 is 26.4. The minimum absolute atomic E-state index is 0.196. The monoisotopic (exact) mass is 322 g/mol. The van der Waals surface area contributed by atoms with Crippen LogP contribution in [0.25, 0.3) is 0 Å². The quantitative estimate of drug-likeness (QED) is 0.692. The molecule has 3 rings (SSSR count). The average Bonchev–Trinajstić information content (AvgIpc) is 2.69. The zero-order chi connectivity index (χ0) is 15.7. The lowest BCUT2D eigenvalue weighted by atomic mass is 10.0. The predicted octanol–water partition coefficient (Wildman–Crippen LogP) is -0.551. The molecule has 0 radical (unpaired) electrons. The zero-order valence-corrected chi connectivity index (χ0v) is 13.0. The molecule has 1 atom stereocenters. The van der Waals surface area contributed by atoms with Gasteiger partial charge < -0.3 is 10.6 Å². The van der Waals surface area contributed by atoms with E-state index in [-0.39, 0.29) is 16.6 Å². The Kier molecular flexibility index (Phi) is 3.88. The molecular formula is C14H18N4O3S. The lowest BCUT2D eigenvalue weighted by molar-refractivity contribution is -0.122. The second-order valence-electron chi connectivity index (χ2n) is 5.52. The second-order valence-corrected chi connectivity index (χ2v) is 7.18. The SMILES string of the molecule is CC(N=C1NS(=O)(=O)c2ccccc21)C(=O)NCC1CNC1. The molecule has 1 saturated heterocycles. The normalized spacial score (nSPS) is 22.5. The van der Waals surface area contributed by atoms with E-state index in [0.717, 1.165) is 13.1 Å². The van der Waals surface area contributed by atoms with E-state index in [1.807, 2.05) is 0 Å². The Morgan fingerprint density at radius 1 is 1.41 bits per heavy atom. The summed E-state index contributed by atoms with van der Waals surface area (Å²) in [7, 11) is -3.57. The number of carbonyl (C=O) groups is 1. The van der Waals surface area contributed by atoms with Gasteiger partial charge in [-0.2, -0.15) is 0 Å². The Morgan fingerprint density at radius 3 is 2.82 bits per heavy atom. The number of amides is 1. The van der Waals surface area contributed by atoms with Gasteiger partial charge in [0.2, 0.25) is 5.91 Å². The van der Waals surface area contributed by atoms with Crippen LogP contribution in [-0.4, -0.2) is 45.8 Å². The van der Waals surface area contributed by atoms with Crippen molar-refractivity contribution < 1.29 is 13.2 Å². The van der Waals surface area contributed by atoms with Crippen LogP contribution < -0.4 is 15.4 Å². The topological polar surface area (TPSA) is 99.7 Å². The summed E-state index contributed by atoms with van der Waals surface area (Å²) >= 11 is 0. The van der Waals surface area contributed by atoms with Crippen LogP contribution in [0.5, 0.6) is 0 Å². The van der Waals surface area contributed by atoms with E-state index in [1.54, 1.807) is 25.1 Å². The van der Waals surface area contributed by atoms with Crippen molar-refractivity contribution in [1.29, 1.82) is 0 Å². The minimum atomic E-state index is -3.57. The van der Waals surface area contributed by atoms with Crippen molar-refractivity contribution in [3.05, 3.63) is 29.8 Å². The van der Waals surface area contributed by atoms with E-state index in [1.165, 1.54) is 6.07 Å². The molecule has 1 aromatic rings. The molecule has 0 saturated carbocycles. The van der Waals surface area contributed by atoms with Crippen LogP contribution in [0.3, 0.4) is 0 Å². The zero-order valence-electron chi connectivity index (χ0n) is 12.2. The molecular weight excluding hydrogens is 304 g/mol. The van der Waals surface area contributed by atoms with Gasteiger partial charge >= 0.3 is 0 Å². The second kappa shape index (κ2) is 5.69. The van der Waals surface area contributed by atoms with Crippen molar-refractivity contribution in [2.24, 2.45) is 10.9 Å². The molecule has 1 aromatic carbocycles. The standard InChI is InChI=1S/C14H18N4O3S/c1-9(14(19)16-8-10-6-15-7-10)17-13-11-4-2-3-5-12(11)22(20,21)18-13/h2-5,9-10,15H,6-8H2,1H3,(H,16,19)(H,17,18). The molecule has 7 nitrogen and oxygen atoms in total. The van der Waals surface area contributed by atoms with Gasteiger partial charge in [-0.1, -0.05) is 12.1 Å². The van der Waals surface area contributed by atoms with Crippen LogP contribution in [0.15, 0.2) is 34.2 Å². The van der Waals surface area contributed by atoms with E-state index >= 15 is 0 Å². The maximum atomic E-state index is 12.0. The summed E-state index contributed by atoms with van der Waals surface area (Å²) in [6.07, 6.45) is 0. The fourth-order valence-electron chi connectivity index (χ4n) is 2.37. The van der Waals surface area contributed by atoms with E-state index in [2.05, 4.69) is 20.3 Å². The van der Waals surface area contributed by atoms with Gasteiger partial charge in [-0.25, -0.2) is 8.42 Å². The summed E-state index contributed by atoms with van der Waals surface area (Å²) in [6.45, 7) is 4.09. The third kappa shape index (κ3) is 2.84. The van der Waals surface area contributed by atoms with Crippen LogP contribution in [0, 0.1) is 5.92 Å². The van der Waals surface area contributed by atoms with Gasteiger partial charge in [0, 0.05) is 31.1 Å². The highest BCUT2D eigenvalue weighted by atomic mass is 32.2. The van der Waals surface area contributed by atoms with Crippen molar-refractivity contribution in [3.63, 3.8) is 0 Å². The molecule has 0 bridgehead atoms. The fraction of sp³-hybridized carbons (Fsp3) is 0.429. The Hall–Kier alpha value is -1.93. The van der Waals surface area contributed by atoms with Crippen molar-refractivity contribution >= 4 is 21.8 Å². The van der Waals surface area contributed by atoms with Gasteiger partial charge in [-0.15, -0.1) is 0 Å². The number of hydrogen-bond donors (Lipinski definition) is 3. The summed E-state index contributed by atoms with van der Waals surface area (Å²) in [5, 5.41) is 5.98. The van der Waals surface area contributed by atoms with E-state index in [9.17, 15) is 13.2 Å². The van der Waals surface area contributed by atoms with Gasteiger partial charge in [0.25, 0.3) is 10.0 Å². The molecule has 0 aliphatic carbocycles. The first kappa shape index (κ1) is 15.0. The van der Waals surface area contributed by atoms with Gasteiger partial charge in [0.15, 0.2) is 0 Å². The third-order valence-electron chi connectivity index (χ3n) is 3.80. The Bertz CT molecular complexity index is 725. The van der Waals surface area contributed by atoms with Crippen molar-refractivity contribution in [2.45, 2.75) is 17.9 Å². The smallest absolute Gasteiger partial charge is 0.263 e. The van der Waals surface area contributed by atoms with E-state index in [0.29, 0.717) is 18.0 Å². The molecule has 8 heteroatoms. The number of sulfonamides is 1. The van der Waals surface area contributed by atoms with Crippen LogP contribution in [-0.2, 0) is 14.8 Å². The van der Waals surface area contributed by atoms with Gasteiger partial charge in [0.05, 0.1) is 4.90 Å². The first-order chi connectivity index (χ1) is 10.5. The number of amidine groups is 1. The molecule has 2 aliphatic heterocycles. The number of hydrogen-bond acceptors (Lipinski definition) is 5. The Balaban J connectivity index is 1.73. The van der Waals surface area contributed by atoms with Gasteiger partial charge in [-0.3, -0.25) is 14.5 Å². The van der Waals surface area contributed by atoms with Crippen LogP contribution in [0.4, 0.5) is 0 Å². The number of rotatable bonds is 4. The number of benzene rings is 1. The largest absolute Gasteiger partial charge is 0.354 e. The Labute approximate surface area is 129 Å². The molecule has 118 valence electrons. The number of carbonyl (C=O) groups excluding carboxylic acids is 1. The average molecular weight is 322 g/mol. The first-order valence-corrected chi connectivity index (χ1v) is 8.64. The molecule has 1 amide bonds. The maximum absolute atomic E-state index is 12.0. The van der Waals surface area contributed by atoms with Crippen LogP contribution in [0.1, 0.15) is 12.5 Å². The molecule has 0 spiro atoms. The van der Waals surface area contributed by atoms with Gasteiger partial charge in [0.1, 0.15) is 11.9 Å². The number of nitrogens with zero attached hydrogens (tertiary/aromatic N) is 1. The molecule has 0 aromatic heterocycles.